The van der Waals surface area contributed by atoms with E-state index in [-0.39, 0.29) is 17.0 Å². The lowest BCUT2D eigenvalue weighted by Crippen LogP contribution is -2.25. The Hall–Kier alpha value is -2.54. The van der Waals surface area contributed by atoms with E-state index < -0.39 is 9.84 Å². The topological polar surface area (TPSA) is 67.8 Å². The molecule has 0 radical (unpaired) electrons. The number of sulfone groups is 1. The van der Waals surface area contributed by atoms with Crippen LogP contribution in [0.2, 0.25) is 10.0 Å². The SMILES string of the molecule is CCOc1ccc(S(C)(=O)=O)cc1C1=NC(c2ccc(Cl)cc2)C(c2ccc(Cl)cc2)N1. The van der Waals surface area contributed by atoms with Crippen molar-refractivity contribution in [1.82, 2.24) is 5.32 Å². The molecule has 0 saturated heterocycles. The van der Waals surface area contributed by atoms with Gasteiger partial charge < -0.3 is 10.1 Å². The first-order chi connectivity index (χ1) is 15.3. The first-order valence-electron chi connectivity index (χ1n) is 10.1. The maximum absolute atomic E-state index is 12.2. The van der Waals surface area contributed by atoms with E-state index in [4.69, 9.17) is 32.9 Å². The standard InChI is InChI=1S/C24H22Cl2N2O3S/c1-3-31-21-13-12-19(32(2,29)30)14-20(21)24-27-22(15-4-8-17(25)9-5-15)23(28-24)16-6-10-18(26)11-7-16/h4-14,22-23H,3H2,1-2H3,(H,27,28). The van der Waals surface area contributed by atoms with Crippen molar-refractivity contribution < 1.29 is 13.2 Å². The average molecular weight is 489 g/mol. The van der Waals surface area contributed by atoms with Crippen LogP contribution in [0.15, 0.2) is 76.6 Å². The monoisotopic (exact) mass is 488 g/mol. The number of hydrogen-bond donors (Lipinski definition) is 1. The summed E-state index contributed by atoms with van der Waals surface area (Å²) in [5.41, 5.74) is 2.59. The number of aliphatic imine (C=N–C) groups is 1. The molecule has 166 valence electrons. The Bertz CT molecular complexity index is 1260. The smallest absolute Gasteiger partial charge is 0.175 e. The molecule has 0 saturated carbocycles. The molecule has 0 spiro atoms. The van der Waals surface area contributed by atoms with Crippen LogP contribution >= 0.6 is 23.2 Å². The summed E-state index contributed by atoms with van der Waals surface area (Å²) < 4.78 is 30.1. The van der Waals surface area contributed by atoms with Crippen LogP contribution in [0.1, 0.15) is 35.7 Å². The predicted molar refractivity (Wildman–Crippen MR) is 129 cm³/mol. The number of benzene rings is 3. The molecule has 2 unspecified atom stereocenters. The molecule has 5 nitrogen and oxygen atoms in total. The highest BCUT2D eigenvalue weighted by molar-refractivity contribution is 7.90. The van der Waals surface area contributed by atoms with Gasteiger partial charge in [-0.3, -0.25) is 4.99 Å². The van der Waals surface area contributed by atoms with Gasteiger partial charge in [-0.05, 0) is 60.5 Å². The minimum Gasteiger partial charge on any atom is -0.493 e. The van der Waals surface area contributed by atoms with Gasteiger partial charge in [0, 0.05) is 16.3 Å². The third kappa shape index (κ3) is 4.77. The first-order valence-corrected chi connectivity index (χ1v) is 12.7. The Morgan fingerprint density at radius 2 is 1.53 bits per heavy atom. The Labute approximate surface area is 198 Å². The zero-order valence-corrected chi connectivity index (χ0v) is 19.9. The van der Waals surface area contributed by atoms with E-state index in [9.17, 15) is 8.42 Å². The molecule has 1 aliphatic heterocycles. The second kappa shape index (κ2) is 9.14. The summed E-state index contributed by atoms with van der Waals surface area (Å²) in [5, 5.41) is 4.78. The average Bonchev–Trinajstić information content (AvgIpc) is 3.20. The van der Waals surface area contributed by atoms with Crippen LogP contribution in [-0.2, 0) is 9.84 Å². The van der Waals surface area contributed by atoms with Crippen LogP contribution < -0.4 is 10.1 Å². The minimum absolute atomic E-state index is 0.181. The summed E-state index contributed by atoms with van der Waals surface area (Å²) in [6, 6.07) is 19.5. The van der Waals surface area contributed by atoms with E-state index in [1.807, 2.05) is 55.5 Å². The lowest BCUT2D eigenvalue weighted by molar-refractivity contribution is 0.339. The maximum Gasteiger partial charge on any atom is 0.175 e. The summed E-state index contributed by atoms with van der Waals surface area (Å²) in [6.07, 6.45) is 1.18. The molecule has 0 aliphatic carbocycles. The van der Waals surface area contributed by atoms with Crippen molar-refractivity contribution in [3.63, 3.8) is 0 Å². The maximum atomic E-state index is 12.2. The molecule has 0 fully saturated rings. The summed E-state index contributed by atoms with van der Waals surface area (Å²) in [6.45, 7) is 2.32. The molecule has 8 heteroatoms. The highest BCUT2D eigenvalue weighted by Gasteiger charge is 2.33. The van der Waals surface area contributed by atoms with Gasteiger partial charge in [0.1, 0.15) is 17.6 Å². The zero-order chi connectivity index (χ0) is 22.9. The Morgan fingerprint density at radius 1 is 0.938 bits per heavy atom. The zero-order valence-electron chi connectivity index (χ0n) is 17.5. The molecule has 2 atom stereocenters. The van der Waals surface area contributed by atoms with Crippen molar-refractivity contribution in [3.8, 4) is 5.75 Å². The molecule has 0 amide bonds. The molecule has 3 aromatic carbocycles. The number of nitrogens with zero attached hydrogens (tertiary/aromatic N) is 1. The van der Waals surface area contributed by atoms with E-state index in [1.54, 1.807) is 18.2 Å². The van der Waals surface area contributed by atoms with Crippen molar-refractivity contribution in [3.05, 3.63) is 93.5 Å². The molecule has 3 aromatic rings. The van der Waals surface area contributed by atoms with Crippen molar-refractivity contribution in [2.45, 2.75) is 23.9 Å². The third-order valence-electron chi connectivity index (χ3n) is 5.25. The van der Waals surface area contributed by atoms with Gasteiger partial charge in [-0.15, -0.1) is 0 Å². The second-order valence-electron chi connectivity index (χ2n) is 7.51. The first kappa shape index (κ1) is 22.6. The van der Waals surface area contributed by atoms with E-state index in [0.717, 1.165) is 11.1 Å². The number of amidine groups is 1. The molecule has 1 aliphatic rings. The number of nitrogens with one attached hydrogen (secondary N) is 1. The Balaban J connectivity index is 1.83. The fraction of sp³-hybridized carbons (Fsp3) is 0.208. The van der Waals surface area contributed by atoms with Gasteiger partial charge in [-0.1, -0.05) is 47.5 Å². The quantitative estimate of drug-likeness (QED) is 0.488. The summed E-state index contributed by atoms with van der Waals surface area (Å²) in [4.78, 5) is 5.17. The van der Waals surface area contributed by atoms with Gasteiger partial charge in [0.15, 0.2) is 9.84 Å². The van der Waals surface area contributed by atoms with Crippen molar-refractivity contribution in [2.24, 2.45) is 4.99 Å². The van der Waals surface area contributed by atoms with Gasteiger partial charge in [0.25, 0.3) is 0 Å². The molecule has 1 N–H and O–H groups in total. The van der Waals surface area contributed by atoms with Crippen LogP contribution in [0.3, 0.4) is 0 Å². The van der Waals surface area contributed by atoms with Crippen molar-refractivity contribution in [1.29, 1.82) is 0 Å². The summed E-state index contributed by atoms with van der Waals surface area (Å²) >= 11 is 12.2. The lowest BCUT2D eigenvalue weighted by atomic mass is 9.95. The number of halogens is 2. The van der Waals surface area contributed by atoms with Crippen LogP contribution in [0.4, 0.5) is 0 Å². The van der Waals surface area contributed by atoms with Gasteiger partial charge in [0.2, 0.25) is 0 Å². The number of hydrogen-bond acceptors (Lipinski definition) is 5. The molecule has 0 aromatic heterocycles. The van der Waals surface area contributed by atoms with Crippen LogP contribution in [-0.4, -0.2) is 27.1 Å². The molecular weight excluding hydrogens is 467 g/mol. The van der Waals surface area contributed by atoms with Gasteiger partial charge in [0.05, 0.1) is 23.1 Å². The minimum atomic E-state index is -3.40. The van der Waals surface area contributed by atoms with Gasteiger partial charge >= 0.3 is 0 Å². The fourth-order valence-corrected chi connectivity index (χ4v) is 4.59. The summed E-state index contributed by atoms with van der Waals surface area (Å²) in [7, 11) is -3.40. The van der Waals surface area contributed by atoms with E-state index in [1.165, 1.54) is 6.26 Å². The van der Waals surface area contributed by atoms with E-state index in [0.29, 0.717) is 33.8 Å². The molecule has 1 heterocycles. The third-order valence-corrected chi connectivity index (χ3v) is 6.87. The fourth-order valence-electron chi connectivity index (χ4n) is 3.69. The van der Waals surface area contributed by atoms with Crippen LogP contribution in [0, 0.1) is 0 Å². The lowest BCUT2D eigenvalue weighted by Gasteiger charge is -2.20. The predicted octanol–water partition coefficient (Wildman–Crippen LogP) is 5.63. The van der Waals surface area contributed by atoms with Gasteiger partial charge in [-0.25, -0.2) is 8.42 Å². The Kier molecular flexibility index (Phi) is 6.47. The van der Waals surface area contributed by atoms with Crippen molar-refractivity contribution >= 4 is 38.9 Å². The molecule has 4 rings (SSSR count). The second-order valence-corrected chi connectivity index (χ2v) is 10.4. The number of ether oxygens (including phenoxy) is 1. The van der Waals surface area contributed by atoms with Gasteiger partial charge in [-0.2, -0.15) is 0 Å². The van der Waals surface area contributed by atoms with Crippen LogP contribution in [0.25, 0.3) is 0 Å². The normalized spacial score (nSPS) is 18.2. The van der Waals surface area contributed by atoms with Crippen LogP contribution in [0.5, 0.6) is 5.75 Å². The summed E-state index contributed by atoms with van der Waals surface area (Å²) in [5.74, 6) is 1.14. The number of rotatable bonds is 6. The highest BCUT2D eigenvalue weighted by atomic mass is 35.5. The van der Waals surface area contributed by atoms with E-state index in [2.05, 4.69) is 5.32 Å². The molecular formula is C24H22Cl2N2O3S. The largest absolute Gasteiger partial charge is 0.493 e. The van der Waals surface area contributed by atoms with Crippen molar-refractivity contribution in [2.75, 3.05) is 12.9 Å². The highest BCUT2D eigenvalue weighted by Crippen LogP contribution is 2.39. The molecule has 32 heavy (non-hydrogen) atoms. The van der Waals surface area contributed by atoms with E-state index >= 15 is 0 Å². The Morgan fingerprint density at radius 3 is 2.09 bits per heavy atom. The molecule has 0 bridgehead atoms.